The summed E-state index contributed by atoms with van der Waals surface area (Å²) in [4.78, 5) is 14.8. The van der Waals surface area contributed by atoms with Crippen molar-refractivity contribution in [2.24, 2.45) is 0 Å². The second kappa shape index (κ2) is 8.09. The van der Waals surface area contributed by atoms with Gasteiger partial charge in [-0.3, -0.25) is 4.79 Å². The van der Waals surface area contributed by atoms with Crippen molar-refractivity contribution in [2.45, 2.75) is 26.0 Å². The first-order valence-electron chi connectivity index (χ1n) is 6.37. The van der Waals surface area contributed by atoms with Gasteiger partial charge >= 0.3 is 0 Å². The van der Waals surface area contributed by atoms with Crippen LogP contribution in [0.5, 0.6) is 0 Å². The number of amides is 1. The summed E-state index contributed by atoms with van der Waals surface area (Å²) in [7, 11) is 4.02. The molecule has 0 fully saturated rings. The Morgan fingerprint density at radius 3 is 2.84 bits per heavy atom. The Bertz CT molecular complexity index is 427. The molecular weight excluding hydrogens is 260 g/mol. The fourth-order valence-corrected chi connectivity index (χ4v) is 2.49. The fraction of sp³-hybridized carbons (Fsp3) is 0.500. The Morgan fingerprint density at radius 2 is 2.32 bits per heavy atom. The van der Waals surface area contributed by atoms with E-state index in [9.17, 15) is 4.79 Å². The van der Waals surface area contributed by atoms with E-state index in [1.165, 1.54) is 17.4 Å². The van der Waals surface area contributed by atoms with Crippen molar-refractivity contribution >= 4 is 23.3 Å². The van der Waals surface area contributed by atoms with Crippen molar-refractivity contribution in [3.05, 3.63) is 28.0 Å². The highest BCUT2D eigenvalue weighted by atomic mass is 32.1. The number of hydrogen-bond acceptors (Lipinski definition) is 4. The molecular formula is C14H22N2O2S. The van der Waals surface area contributed by atoms with Gasteiger partial charge in [-0.05, 0) is 43.6 Å². The molecule has 1 amide bonds. The molecule has 1 aromatic rings. The number of nitrogens with one attached hydrogen (secondary N) is 1. The summed E-state index contributed by atoms with van der Waals surface area (Å²) in [6, 6.07) is 2.24. The second-order valence-corrected chi connectivity index (χ2v) is 5.56. The molecule has 5 heteroatoms. The van der Waals surface area contributed by atoms with E-state index < -0.39 is 0 Å². The molecule has 4 nitrogen and oxygen atoms in total. The number of carbonyl (C=O) groups excluding carboxylic acids is 1. The zero-order chi connectivity index (χ0) is 14.3. The number of aliphatic hydroxyl groups is 1. The quantitative estimate of drug-likeness (QED) is 0.749. The van der Waals surface area contributed by atoms with Gasteiger partial charge in [0.15, 0.2) is 0 Å². The van der Waals surface area contributed by atoms with Crippen LogP contribution in [-0.2, 0) is 11.4 Å². The smallest absolute Gasteiger partial charge is 0.244 e. The first-order valence-corrected chi connectivity index (χ1v) is 7.25. The molecule has 0 bridgehead atoms. The minimum absolute atomic E-state index is 0.0392. The first-order chi connectivity index (χ1) is 9.06. The molecule has 0 radical (unpaired) electrons. The van der Waals surface area contributed by atoms with Crippen LogP contribution in [0, 0.1) is 0 Å². The molecule has 19 heavy (non-hydrogen) atoms. The minimum atomic E-state index is -0.0840. The average molecular weight is 282 g/mol. The highest BCUT2D eigenvalue weighted by molar-refractivity contribution is 7.11. The lowest BCUT2D eigenvalue weighted by molar-refractivity contribution is -0.116. The van der Waals surface area contributed by atoms with Gasteiger partial charge in [-0.25, -0.2) is 0 Å². The lowest BCUT2D eigenvalue weighted by atomic mass is 10.2. The largest absolute Gasteiger partial charge is 0.392 e. The van der Waals surface area contributed by atoms with Gasteiger partial charge < -0.3 is 15.3 Å². The normalized spacial score (nSPS) is 13.1. The van der Waals surface area contributed by atoms with E-state index in [4.69, 9.17) is 5.11 Å². The Labute approximate surface area is 118 Å². The van der Waals surface area contributed by atoms with Gasteiger partial charge in [0.1, 0.15) is 0 Å². The van der Waals surface area contributed by atoms with Crippen LogP contribution in [0.15, 0.2) is 17.5 Å². The Balaban J connectivity index is 2.42. The van der Waals surface area contributed by atoms with E-state index >= 15 is 0 Å². The second-order valence-electron chi connectivity index (χ2n) is 4.62. The maximum absolute atomic E-state index is 11.7. The number of hydrogen-bond donors (Lipinski definition) is 2. The number of aliphatic hydroxyl groups excluding tert-OH is 1. The van der Waals surface area contributed by atoms with Crippen LogP contribution in [0.3, 0.4) is 0 Å². The molecule has 106 valence electrons. The fourth-order valence-electron chi connectivity index (χ4n) is 1.69. The van der Waals surface area contributed by atoms with E-state index in [2.05, 4.69) is 17.1 Å². The van der Waals surface area contributed by atoms with E-state index in [1.54, 1.807) is 6.08 Å². The number of nitrogens with zero attached hydrogens (tertiary/aromatic N) is 1. The van der Waals surface area contributed by atoms with Crippen LogP contribution in [0.1, 0.15) is 23.8 Å². The summed E-state index contributed by atoms with van der Waals surface area (Å²) in [5.74, 6) is -0.0840. The van der Waals surface area contributed by atoms with Gasteiger partial charge in [-0.1, -0.05) is 6.92 Å². The zero-order valence-electron chi connectivity index (χ0n) is 11.7. The molecule has 1 atom stereocenters. The molecule has 1 aromatic heterocycles. The predicted molar refractivity (Wildman–Crippen MR) is 80.1 cm³/mol. The van der Waals surface area contributed by atoms with E-state index in [0.717, 1.165) is 16.9 Å². The van der Waals surface area contributed by atoms with Gasteiger partial charge in [0, 0.05) is 23.5 Å². The van der Waals surface area contributed by atoms with Gasteiger partial charge in [0.25, 0.3) is 0 Å². The standard InChI is InChI=1S/C14H22N2O2S/c1-4-12(16(2)3)8-15-14(18)6-5-13-7-11(9-17)10-19-13/h5-7,10,12,17H,4,8-9H2,1-3H3,(H,15,18). The summed E-state index contributed by atoms with van der Waals surface area (Å²) < 4.78 is 0. The molecule has 0 saturated heterocycles. The SMILES string of the molecule is CCC(CNC(=O)C=Cc1cc(CO)cs1)N(C)C. The molecule has 0 spiro atoms. The third kappa shape index (κ3) is 5.55. The van der Waals surface area contributed by atoms with Crippen molar-refractivity contribution in [1.29, 1.82) is 0 Å². The molecule has 0 aliphatic carbocycles. The number of carbonyl (C=O) groups is 1. The van der Waals surface area contributed by atoms with Crippen LogP contribution >= 0.6 is 11.3 Å². The molecule has 1 heterocycles. The average Bonchev–Trinajstić information content (AvgIpc) is 2.84. The van der Waals surface area contributed by atoms with E-state index in [-0.39, 0.29) is 12.5 Å². The van der Waals surface area contributed by atoms with Gasteiger partial charge in [0.2, 0.25) is 5.91 Å². The van der Waals surface area contributed by atoms with Crippen molar-refractivity contribution in [3.8, 4) is 0 Å². The predicted octanol–water partition coefficient (Wildman–Crippen LogP) is 1.71. The first kappa shape index (κ1) is 15.9. The summed E-state index contributed by atoms with van der Waals surface area (Å²) in [5.41, 5.74) is 0.878. The molecule has 1 unspecified atom stereocenters. The number of thiophene rings is 1. The third-order valence-electron chi connectivity index (χ3n) is 2.97. The molecule has 0 saturated carbocycles. The molecule has 0 aliphatic rings. The summed E-state index contributed by atoms with van der Waals surface area (Å²) in [6.07, 6.45) is 4.31. The zero-order valence-corrected chi connectivity index (χ0v) is 12.5. The maximum atomic E-state index is 11.7. The van der Waals surface area contributed by atoms with Crippen molar-refractivity contribution < 1.29 is 9.90 Å². The van der Waals surface area contributed by atoms with Crippen molar-refractivity contribution in [1.82, 2.24) is 10.2 Å². The van der Waals surface area contributed by atoms with Crippen LogP contribution in [0.4, 0.5) is 0 Å². The van der Waals surface area contributed by atoms with Crippen LogP contribution in [-0.4, -0.2) is 42.6 Å². The highest BCUT2D eigenvalue weighted by Gasteiger charge is 2.08. The third-order valence-corrected chi connectivity index (χ3v) is 3.92. The lowest BCUT2D eigenvalue weighted by Gasteiger charge is -2.22. The molecule has 2 N–H and O–H groups in total. The van der Waals surface area contributed by atoms with Crippen molar-refractivity contribution in [3.63, 3.8) is 0 Å². The Hall–Kier alpha value is -1.17. The Kier molecular flexibility index (Phi) is 6.77. The summed E-state index contributed by atoms with van der Waals surface area (Å²) in [6.45, 7) is 2.80. The molecule has 0 aliphatic heterocycles. The summed E-state index contributed by atoms with van der Waals surface area (Å²) >= 11 is 1.51. The number of likely N-dealkylation sites (N-methyl/N-ethyl adjacent to an activating group) is 1. The lowest BCUT2D eigenvalue weighted by Crippen LogP contribution is -2.39. The number of rotatable bonds is 7. The molecule has 0 aromatic carbocycles. The maximum Gasteiger partial charge on any atom is 0.244 e. The van der Waals surface area contributed by atoms with Crippen molar-refractivity contribution in [2.75, 3.05) is 20.6 Å². The van der Waals surface area contributed by atoms with Gasteiger partial charge in [0.05, 0.1) is 6.61 Å². The van der Waals surface area contributed by atoms with Crippen LogP contribution < -0.4 is 5.32 Å². The van der Waals surface area contributed by atoms with Crippen LogP contribution in [0.25, 0.3) is 6.08 Å². The van der Waals surface area contributed by atoms with E-state index in [1.807, 2.05) is 25.5 Å². The van der Waals surface area contributed by atoms with Gasteiger partial charge in [-0.2, -0.15) is 0 Å². The van der Waals surface area contributed by atoms with Gasteiger partial charge in [-0.15, -0.1) is 11.3 Å². The minimum Gasteiger partial charge on any atom is -0.392 e. The summed E-state index contributed by atoms with van der Waals surface area (Å²) in [5, 5.41) is 13.7. The highest BCUT2D eigenvalue weighted by Crippen LogP contribution is 2.15. The topological polar surface area (TPSA) is 52.6 Å². The van der Waals surface area contributed by atoms with E-state index in [0.29, 0.717) is 12.6 Å². The van der Waals surface area contributed by atoms with Crippen LogP contribution in [0.2, 0.25) is 0 Å². The molecule has 1 rings (SSSR count). The monoisotopic (exact) mass is 282 g/mol. The Morgan fingerprint density at radius 1 is 1.58 bits per heavy atom.